The molecule has 0 spiro atoms. The zero-order chi connectivity index (χ0) is 35.8. The fourth-order valence-corrected chi connectivity index (χ4v) is 2.38. The van der Waals surface area contributed by atoms with Gasteiger partial charge in [0.15, 0.2) is 11.5 Å². The van der Waals surface area contributed by atoms with Crippen molar-refractivity contribution in [2.75, 3.05) is 7.11 Å². The van der Waals surface area contributed by atoms with Crippen molar-refractivity contribution in [1.82, 2.24) is 0 Å². The highest BCUT2D eigenvalue weighted by Crippen LogP contribution is 2.21. The summed E-state index contributed by atoms with van der Waals surface area (Å²) in [6.45, 7) is 10.6. The lowest BCUT2D eigenvalue weighted by molar-refractivity contribution is 0.0696. The first-order valence-corrected chi connectivity index (χ1v) is 13.9. The van der Waals surface area contributed by atoms with E-state index in [0.29, 0.717) is 11.3 Å². The molecule has 9 N–H and O–H groups in total. The molecule has 252 valence electrons. The third-order valence-corrected chi connectivity index (χ3v) is 4.87. The number of carboxylic acid groups (broad SMARTS) is 1. The smallest absolute Gasteiger partial charge is 0.335 e. The standard InChI is InChI=1S/C8H8O4.C7H8O2.C6H6O2.C6H6O.2C4H8.CH4O/c9-4-6-3-5(8(11)12)1-2-7(6)10;8-5-6-3-1-2-4-7(6)9;7-5-3-1-2-4-6(5)8;7-6-4-2-1-3-5-6;2*1-3-4-2;1-2/h1-3,9-10H,4H2,(H,11,12);1-4,8-9H,5H2;1-4,7-8H;1-5,7H;2*3H,1,4H2,2H3;2H,1H3. The maximum absolute atomic E-state index is 10.4. The van der Waals surface area contributed by atoms with Crippen LogP contribution in [0.4, 0.5) is 0 Å². The minimum atomic E-state index is -1.08. The molecule has 0 aliphatic rings. The van der Waals surface area contributed by atoms with E-state index in [-0.39, 0.29) is 47.3 Å². The molecule has 0 atom stereocenters. The normalized spacial score (nSPS) is 8.48. The summed E-state index contributed by atoms with van der Waals surface area (Å²) < 4.78 is 0. The second-order valence-corrected chi connectivity index (χ2v) is 8.31. The number of rotatable bonds is 5. The topological polar surface area (TPSA) is 199 Å². The quantitative estimate of drug-likeness (QED) is 0.0832. The van der Waals surface area contributed by atoms with Crippen LogP contribution in [0.15, 0.2) is 122 Å². The molecule has 10 nitrogen and oxygen atoms in total. The first-order valence-electron chi connectivity index (χ1n) is 13.9. The zero-order valence-electron chi connectivity index (χ0n) is 26.6. The molecular weight excluding hydrogens is 592 g/mol. The Balaban J connectivity index is -0.000000495. The van der Waals surface area contributed by atoms with Crippen molar-refractivity contribution in [1.29, 1.82) is 0 Å². The predicted molar refractivity (Wildman–Crippen MR) is 182 cm³/mol. The number of benzene rings is 4. The highest BCUT2D eigenvalue weighted by Gasteiger charge is 2.06. The molecule has 46 heavy (non-hydrogen) atoms. The molecule has 0 heterocycles. The van der Waals surface area contributed by atoms with Crippen LogP contribution in [-0.4, -0.2) is 59.0 Å². The number of hydrogen-bond acceptors (Lipinski definition) is 9. The molecule has 0 unspecified atom stereocenters. The van der Waals surface area contributed by atoms with E-state index in [1.54, 1.807) is 60.7 Å². The Bertz CT molecular complexity index is 1300. The van der Waals surface area contributed by atoms with Crippen molar-refractivity contribution in [2.45, 2.75) is 39.9 Å². The Labute approximate surface area is 271 Å². The number of aliphatic hydroxyl groups excluding tert-OH is 3. The number of phenolic OH excluding ortho intramolecular Hbond substituents is 3. The molecule has 0 aromatic heterocycles. The minimum Gasteiger partial charge on any atom is -0.508 e. The number of carboxylic acids is 1. The van der Waals surface area contributed by atoms with Crippen LogP contribution in [0.3, 0.4) is 0 Å². The van der Waals surface area contributed by atoms with E-state index in [2.05, 4.69) is 27.0 Å². The van der Waals surface area contributed by atoms with Crippen molar-refractivity contribution in [2.24, 2.45) is 0 Å². The molecule has 0 saturated carbocycles. The SMILES string of the molecule is C=CCC.C=CCC.CO.O=C(O)c1ccc(O)c(CO)c1.OCc1ccccc1O.Oc1ccccc1.Oc1ccccc1O. The summed E-state index contributed by atoms with van der Waals surface area (Å²) in [5.41, 5.74) is 0.837. The van der Waals surface area contributed by atoms with E-state index in [9.17, 15) is 4.79 Å². The largest absolute Gasteiger partial charge is 0.508 e. The summed E-state index contributed by atoms with van der Waals surface area (Å²) in [4.78, 5) is 10.4. The number of aromatic carboxylic acids is 1. The van der Waals surface area contributed by atoms with E-state index in [0.717, 1.165) is 20.0 Å². The van der Waals surface area contributed by atoms with Crippen LogP contribution in [-0.2, 0) is 13.2 Å². The first-order chi connectivity index (χ1) is 22.0. The molecule has 0 aliphatic carbocycles. The highest BCUT2D eigenvalue weighted by atomic mass is 16.4. The van der Waals surface area contributed by atoms with Crippen LogP contribution in [0.1, 0.15) is 48.2 Å². The molecule has 4 aromatic rings. The van der Waals surface area contributed by atoms with Gasteiger partial charge in [-0.25, -0.2) is 4.79 Å². The fourth-order valence-electron chi connectivity index (χ4n) is 2.38. The van der Waals surface area contributed by atoms with Crippen molar-refractivity contribution in [3.05, 3.63) is 139 Å². The van der Waals surface area contributed by atoms with Gasteiger partial charge < -0.3 is 46.0 Å². The van der Waals surface area contributed by atoms with Crippen LogP contribution in [0.5, 0.6) is 28.7 Å². The Morgan fingerprint density at radius 3 is 1.24 bits per heavy atom. The minimum absolute atomic E-state index is 0.0526. The van der Waals surface area contributed by atoms with Crippen LogP contribution < -0.4 is 0 Å². The van der Waals surface area contributed by atoms with E-state index in [1.807, 2.05) is 18.2 Å². The van der Waals surface area contributed by atoms with E-state index in [1.165, 1.54) is 30.3 Å². The third kappa shape index (κ3) is 24.2. The van der Waals surface area contributed by atoms with E-state index in [4.69, 9.17) is 46.0 Å². The number of phenols is 5. The Morgan fingerprint density at radius 2 is 0.957 bits per heavy atom. The maximum Gasteiger partial charge on any atom is 0.335 e. The van der Waals surface area contributed by atoms with Crippen LogP contribution >= 0.6 is 0 Å². The van der Waals surface area contributed by atoms with Gasteiger partial charge in [-0.1, -0.05) is 74.5 Å². The van der Waals surface area contributed by atoms with Gasteiger partial charge in [0, 0.05) is 18.2 Å². The average molecular weight is 641 g/mol. The molecular formula is C36H48O10. The number of aliphatic hydroxyl groups is 3. The molecule has 4 rings (SSSR count). The lowest BCUT2D eigenvalue weighted by Crippen LogP contribution is -1.97. The molecule has 0 radical (unpaired) electrons. The molecule has 0 amide bonds. The van der Waals surface area contributed by atoms with Gasteiger partial charge in [0.1, 0.15) is 17.2 Å². The van der Waals surface area contributed by atoms with E-state index < -0.39 is 5.97 Å². The molecule has 0 aliphatic heterocycles. The summed E-state index contributed by atoms with van der Waals surface area (Å²) in [5.74, 6) is -0.852. The maximum atomic E-state index is 10.4. The number of para-hydroxylation sites is 4. The van der Waals surface area contributed by atoms with Gasteiger partial charge in [-0.05, 0) is 61.4 Å². The Hall–Kier alpha value is -5.29. The number of hydrogen-bond donors (Lipinski definition) is 9. The first kappa shape index (κ1) is 45.1. The number of aromatic hydroxyl groups is 5. The summed E-state index contributed by atoms with van der Waals surface area (Å²) in [6, 6.07) is 25.3. The van der Waals surface area contributed by atoms with Gasteiger partial charge in [0.05, 0.1) is 18.8 Å². The number of allylic oxidation sites excluding steroid dienone is 2. The molecule has 10 heteroatoms. The highest BCUT2D eigenvalue weighted by molar-refractivity contribution is 5.88. The number of carbonyl (C=O) groups is 1. The fraction of sp³-hybridized carbons (Fsp3) is 0.194. The van der Waals surface area contributed by atoms with Gasteiger partial charge in [-0.15, -0.1) is 13.2 Å². The van der Waals surface area contributed by atoms with Gasteiger partial charge in [-0.2, -0.15) is 0 Å². The second kappa shape index (κ2) is 31.1. The third-order valence-electron chi connectivity index (χ3n) is 4.87. The van der Waals surface area contributed by atoms with Crippen molar-refractivity contribution in [3.63, 3.8) is 0 Å². The summed E-state index contributed by atoms with van der Waals surface area (Å²) >= 11 is 0. The van der Waals surface area contributed by atoms with Crippen molar-refractivity contribution >= 4 is 5.97 Å². The van der Waals surface area contributed by atoms with Gasteiger partial charge in [0.25, 0.3) is 0 Å². The molecule has 0 fully saturated rings. The Kier molecular flexibility index (Phi) is 30.6. The monoisotopic (exact) mass is 640 g/mol. The summed E-state index contributed by atoms with van der Waals surface area (Å²) in [5, 5.41) is 76.7. The summed E-state index contributed by atoms with van der Waals surface area (Å²) in [6.07, 6.45) is 5.92. The van der Waals surface area contributed by atoms with Gasteiger partial charge in [0.2, 0.25) is 0 Å². The van der Waals surface area contributed by atoms with Crippen LogP contribution in [0.2, 0.25) is 0 Å². The van der Waals surface area contributed by atoms with Crippen molar-refractivity contribution in [3.8, 4) is 28.7 Å². The van der Waals surface area contributed by atoms with Gasteiger partial charge >= 0.3 is 5.97 Å². The van der Waals surface area contributed by atoms with Crippen molar-refractivity contribution < 1.29 is 50.8 Å². The van der Waals surface area contributed by atoms with Crippen LogP contribution in [0, 0.1) is 0 Å². The van der Waals surface area contributed by atoms with Crippen LogP contribution in [0.25, 0.3) is 0 Å². The molecule has 4 aromatic carbocycles. The second-order valence-electron chi connectivity index (χ2n) is 8.31. The summed E-state index contributed by atoms with van der Waals surface area (Å²) in [7, 11) is 1.00. The Morgan fingerprint density at radius 1 is 0.587 bits per heavy atom. The zero-order valence-corrected chi connectivity index (χ0v) is 26.6. The van der Waals surface area contributed by atoms with E-state index >= 15 is 0 Å². The lowest BCUT2D eigenvalue weighted by atomic mass is 10.1. The molecule has 0 bridgehead atoms. The lowest BCUT2D eigenvalue weighted by Gasteiger charge is -2.01. The predicted octanol–water partition coefficient (Wildman–Crippen LogP) is 6.73. The average Bonchev–Trinajstić information content (AvgIpc) is 3.09. The van der Waals surface area contributed by atoms with Gasteiger partial charge in [-0.3, -0.25) is 0 Å². The molecule has 0 saturated heterocycles.